The number of rotatable bonds is 7. The number of carbonyl (C=O) groups is 1. The molecule has 136 valence electrons. The van der Waals surface area contributed by atoms with Gasteiger partial charge in [-0.05, 0) is 30.9 Å². The Hall–Kier alpha value is -2.39. The predicted octanol–water partition coefficient (Wildman–Crippen LogP) is 3.91. The van der Waals surface area contributed by atoms with E-state index in [4.69, 9.17) is 0 Å². The monoisotopic (exact) mass is 348 g/mol. The van der Waals surface area contributed by atoms with Gasteiger partial charge in [-0.25, -0.2) is 0 Å². The molecule has 1 aliphatic heterocycles. The molecule has 2 unspecified atom stereocenters. The lowest BCUT2D eigenvalue weighted by atomic mass is 9.75. The van der Waals surface area contributed by atoms with Crippen molar-refractivity contribution in [2.75, 3.05) is 13.1 Å². The summed E-state index contributed by atoms with van der Waals surface area (Å²) in [5, 5.41) is 3.54. The highest BCUT2D eigenvalue weighted by atomic mass is 16.2. The molecule has 3 nitrogen and oxygen atoms in total. The molecule has 0 aliphatic carbocycles. The number of nitrogens with one attached hydrogen (secondary N) is 1. The first-order valence-corrected chi connectivity index (χ1v) is 9.40. The van der Waals surface area contributed by atoms with Crippen LogP contribution in [0.5, 0.6) is 0 Å². The van der Waals surface area contributed by atoms with Crippen LogP contribution < -0.4 is 5.32 Å². The van der Waals surface area contributed by atoms with Gasteiger partial charge in [0, 0.05) is 25.0 Å². The van der Waals surface area contributed by atoms with Gasteiger partial charge in [0.05, 0.1) is 0 Å². The smallest absolute Gasteiger partial charge is 0.240 e. The summed E-state index contributed by atoms with van der Waals surface area (Å²) < 4.78 is 0. The molecule has 1 fully saturated rings. The Labute approximate surface area is 156 Å². The normalized spacial score (nSPS) is 17.5. The molecular weight excluding hydrogens is 320 g/mol. The van der Waals surface area contributed by atoms with Crippen LogP contribution in [0.2, 0.25) is 0 Å². The first-order chi connectivity index (χ1) is 12.6. The number of amides is 1. The van der Waals surface area contributed by atoms with Gasteiger partial charge in [-0.1, -0.05) is 66.7 Å². The third-order valence-electron chi connectivity index (χ3n) is 5.44. The third-order valence-corrected chi connectivity index (χ3v) is 5.44. The molecule has 2 aromatic carbocycles. The van der Waals surface area contributed by atoms with Crippen molar-refractivity contribution >= 4 is 5.91 Å². The Morgan fingerprint density at radius 2 is 1.69 bits per heavy atom. The number of carbonyl (C=O) groups excluding carboxylic acids is 1. The van der Waals surface area contributed by atoms with E-state index in [0.717, 1.165) is 31.5 Å². The topological polar surface area (TPSA) is 32.3 Å². The van der Waals surface area contributed by atoms with Crippen LogP contribution in [0.1, 0.15) is 30.9 Å². The highest BCUT2D eigenvalue weighted by Crippen LogP contribution is 2.31. The molecule has 0 spiro atoms. The van der Waals surface area contributed by atoms with Crippen molar-refractivity contribution in [3.8, 4) is 0 Å². The average molecular weight is 348 g/mol. The van der Waals surface area contributed by atoms with Gasteiger partial charge in [0.1, 0.15) is 6.04 Å². The van der Waals surface area contributed by atoms with E-state index in [1.165, 1.54) is 5.56 Å². The second-order valence-corrected chi connectivity index (χ2v) is 7.18. The van der Waals surface area contributed by atoms with Gasteiger partial charge < -0.3 is 10.2 Å². The zero-order valence-corrected chi connectivity index (χ0v) is 15.5. The minimum absolute atomic E-state index is 0.171. The molecule has 1 aliphatic rings. The Morgan fingerprint density at radius 1 is 1.12 bits per heavy atom. The molecule has 0 bridgehead atoms. The van der Waals surface area contributed by atoms with Crippen LogP contribution in [0.4, 0.5) is 0 Å². The molecule has 2 aromatic rings. The van der Waals surface area contributed by atoms with Crippen LogP contribution in [0.3, 0.4) is 0 Å². The van der Waals surface area contributed by atoms with E-state index in [0.29, 0.717) is 6.54 Å². The quantitative estimate of drug-likeness (QED) is 0.770. The number of benzene rings is 2. The van der Waals surface area contributed by atoms with E-state index in [2.05, 4.69) is 43.1 Å². The van der Waals surface area contributed by atoms with Crippen LogP contribution >= 0.6 is 0 Å². The molecule has 26 heavy (non-hydrogen) atoms. The fraction of sp³-hybridized carbons (Fsp3) is 0.348. The van der Waals surface area contributed by atoms with Gasteiger partial charge in [-0.15, -0.1) is 6.58 Å². The second-order valence-electron chi connectivity index (χ2n) is 7.18. The van der Waals surface area contributed by atoms with E-state index in [-0.39, 0.29) is 11.9 Å². The molecular formula is C23H28N2O. The van der Waals surface area contributed by atoms with E-state index in [1.54, 1.807) is 0 Å². The zero-order valence-electron chi connectivity index (χ0n) is 15.5. The first kappa shape index (κ1) is 18.4. The summed E-state index contributed by atoms with van der Waals surface area (Å²) in [4.78, 5) is 15.4. The van der Waals surface area contributed by atoms with E-state index in [9.17, 15) is 4.79 Å². The molecule has 0 aromatic heterocycles. The second kappa shape index (κ2) is 8.33. The molecule has 1 N–H and O–H groups in total. The van der Waals surface area contributed by atoms with Crippen LogP contribution in [0.15, 0.2) is 73.3 Å². The summed E-state index contributed by atoms with van der Waals surface area (Å²) in [5.41, 5.74) is 1.80. The van der Waals surface area contributed by atoms with E-state index >= 15 is 0 Å². The zero-order chi connectivity index (χ0) is 18.4. The summed E-state index contributed by atoms with van der Waals surface area (Å²) >= 11 is 0. The molecule has 1 amide bonds. The fourth-order valence-electron chi connectivity index (χ4n) is 3.69. The van der Waals surface area contributed by atoms with Crippen LogP contribution in [-0.4, -0.2) is 29.9 Å². The Bertz CT molecular complexity index is 722. The number of likely N-dealkylation sites (tertiary alicyclic amines) is 1. The van der Waals surface area contributed by atoms with Crippen LogP contribution in [-0.2, 0) is 16.8 Å². The van der Waals surface area contributed by atoms with Crippen LogP contribution in [0, 0.1) is 0 Å². The fourth-order valence-corrected chi connectivity index (χ4v) is 3.69. The Morgan fingerprint density at radius 3 is 2.27 bits per heavy atom. The van der Waals surface area contributed by atoms with Crippen molar-refractivity contribution in [1.82, 2.24) is 10.2 Å². The summed E-state index contributed by atoms with van der Waals surface area (Å²) in [5.74, 6) is 0.171. The minimum Gasteiger partial charge on any atom is -0.341 e. The minimum atomic E-state index is -0.476. The van der Waals surface area contributed by atoms with Gasteiger partial charge in [0.2, 0.25) is 5.91 Å². The number of nitrogens with zero attached hydrogens (tertiary/aromatic N) is 1. The van der Waals surface area contributed by atoms with Crippen LogP contribution in [0.25, 0.3) is 0 Å². The summed E-state index contributed by atoms with van der Waals surface area (Å²) in [6, 6.07) is 20.1. The van der Waals surface area contributed by atoms with Crippen molar-refractivity contribution in [1.29, 1.82) is 0 Å². The summed E-state index contributed by atoms with van der Waals surface area (Å²) in [6.45, 7) is 8.54. The molecule has 1 saturated heterocycles. The maximum atomic E-state index is 13.4. The maximum absolute atomic E-state index is 13.4. The molecule has 0 saturated carbocycles. The predicted molar refractivity (Wildman–Crippen MR) is 107 cm³/mol. The van der Waals surface area contributed by atoms with E-state index < -0.39 is 5.41 Å². The molecule has 3 rings (SSSR count). The molecule has 0 radical (unpaired) electrons. The van der Waals surface area contributed by atoms with Crippen molar-refractivity contribution in [2.24, 2.45) is 0 Å². The first-order valence-electron chi connectivity index (χ1n) is 9.40. The SMILES string of the molecule is C=CC(C)(c1ccccc1)C(NCc1ccccc1)C(=O)N1CCCC1. The summed E-state index contributed by atoms with van der Waals surface area (Å²) in [6.07, 6.45) is 4.10. The highest BCUT2D eigenvalue weighted by Gasteiger charge is 2.40. The maximum Gasteiger partial charge on any atom is 0.240 e. The average Bonchev–Trinajstić information content (AvgIpc) is 3.24. The van der Waals surface area contributed by atoms with Gasteiger partial charge in [0.15, 0.2) is 0 Å². The van der Waals surface area contributed by atoms with Crippen molar-refractivity contribution in [2.45, 2.75) is 37.8 Å². The third kappa shape index (κ3) is 3.88. The van der Waals surface area contributed by atoms with Gasteiger partial charge in [-0.3, -0.25) is 4.79 Å². The Balaban J connectivity index is 1.90. The number of hydrogen-bond donors (Lipinski definition) is 1. The van der Waals surface area contributed by atoms with Crippen molar-refractivity contribution in [3.05, 3.63) is 84.4 Å². The van der Waals surface area contributed by atoms with Crippen molar-refractivity contribution in [3.63, 3.8) is 0 Å². The lowest BCUT2D eigenvalue weighted by Gasteiger charge is -2.37. The lowest BCUT2D eigenvalue weighted by molar-refractivity contribution is -0.133. The van der Waals surface area contributed by atoms with E-state index in [1.807, 2.05) is 47.4 Å². The van der Waals surface area contributed by atoms with Gasteiger partial charge >= 0.3 is 0 Å². The number of hydrogen-bond acceptors (Lipinski definition) is 2. The summed E-state index contributed by atoms with van der Waals surface area (Å²) in [7, 11) is 0. The largest absolute Gasteiger partial charge is 0.341 e. The van der Waals surface area contributed by atoms with Gasteiger partial charge in [0.25, 0.3) is 0 Å². The van der Waals surface area contributed by atoms with Gasteiger partial charge in [-0.2, -0.15) is 0 Å². The lowest BCUT2D eigenvalue weighted by Crippen LogP contribution is -2.55. The molecule has 2 atom stereocenters. The molecule has 3 heteroatoms. The standard InChI is InChI=1S/C23H28N2O/c1-3-23(2,20-14-8-5-9-15-20)21(22(26)25-16-10-11-17-25)24-18-19-12-6-4-7-13-19/h3-9,12-15,21,24H,1,10-11,16-18H2,2H3. The Kier molecular flexibility index (Phi) is 5.89. The molecule has 1 heterocycles. The van der Waals surface area contributed by atoms with Crippen molar-refractivity contribution < 1.29 is 4.79 Å². The highest BCUT2D eigenvalue weighted by molar-refractivity contribution is 5.84.